The third-order valence-corrected chi connectivity index (χ3v) is 4.24. The molecule has 0 bridgehead atoms. The first-order valence-corrected chi connectivity index (χ1v) is 8.14. The van der Waals surface area contributed by atoms with Gasteiger partial charge in [0.15, 0.2) is 12.4 Å². The van der Waals surface area contributed by atoms with Crippen molar-refractivity contribution in [2.24, 2.45) is 0 Å². The molecule has 0 unspecified atom stereocenters. The first-order valence-electron chi connectivity index (χ1n) is 6.94. The molecule has 1 aromatic carbocycles. The maximum Gasteiger partial charge on any atom is 0.257 e. The quantitative estimate of drug-likeness (QED) is 0.733. The highest BCUT2D eigenvalue weighted by molar-refractivity contribution is 7.16. The number of nitrogens with zero attached hydrogens (tertiary/aromatic N) is 4. The van der Waals surface area contributed by atoms with Crippen LogP contribution in [0.3, 0.4) is 0 Å². The number of carbonyl (C=O) groups is 1. The van der Waals surface area contributed by atoms with Gasteiger partial charge in [-0.15, -0.1) is 10.2 Å². The van der Waals surface area contributed by atoms with E-state index < -0.39 is 0 Å². The second-order valence-corrected chi connectivity index (χ2v) is 6.26. The number of fused-ring (bicyclic) bond motifs is 1. The third-order valence-electron chi connectivity index (χ3n) is 3.03. The summed E-state index contributed by atoms with van der Waals surface area (Å²) in [5.41, 5.74) is 0. The van der Waals surface area contributed by atoms with Crippen LogP contribution in [0, 0.1) is 6.92 Å². The molecule has 0 atom stereocenters. The van der Waals surface area contributed by atoms with Gasteiger partial charge in [0.25, 0.3) is 5.91 Å². The van der Waals surface area contributed by atoms with Gasteiger partial charge in [0.2, 0.25) is 4.96 Å². The van der Waals surface area contributed by atoms with Crippen molar-refractivity contribution in [3.8, 4) is 5.75 Å². The Hall–Kier alpha value is -2.19. The molecule has 0 saturated heterocycles. The molecule has 0 saturated carbocycles. The van der Waals surface area contributed by atoms with Gasteiger partial charge < -0.3 is 10.1 Å². The topological polar surface area (TPSA) is 81.4 Å². The Morgan fingerprint density at radius 1 is 1.35 bits per heavy atom. The van der Waals surface area contributed by atoms with Crippen LogP contribution >= 0.6 is 22.9 Å². The Bertz CT molecular complexity index is 814. The number of benzene rings is 1. The lowest BCUT2D eigenvalue weighted by Gasteiger charge is -2.06. The van der Waals surface area contributed by atoms with E-state index in [9.17, 15) is 4.79 Å². The van der Waals surface area contributed by atoms with E-state index >= 15 is 0 Å². The number of nitrogens with one attached hydrogen (secondary N) is 1. The zero-order chi connectivity index (χ0) is 16.2. The highest BCUT2D eigenvalue weighted by Crippen LogP contribution is 2.15. The molecule has 9 heteroatoms. The molecule has 1 N–H and O–H groups in total. The maximum atomic E-state index is 11.7. The largest absolute Gasteiger partial charge is 0.484 e. The highest BCUT2D eigenvalue weighted by atomic mass is 35.5. The molecular formula is C14H14ClN5O2S. The number of carbonyl (C=O) groups excluding carboxylic acids is 1. The zero-order valence-corrected chi connectivity index (χ0v) is 13.9. The van der Waals surface area contributed by atoms with Gasteiger partial charge in [-0.3, -0.25) is 4.79 Å². The summed E-state index contributed by atoms with van der Waals surface area (Å²) in [7, 11) is 0. The number of amides is 1. The van der Waals surface area contributed by atoms with Crippen molar-refractivity contribution in [1.82, 2.24) is 25.1 Å². The summed E-state index contributed by atoms with van der Waals surface area (Å²) >= 11 is 7.25. The second kappa shape index (κ2) is 6.93. The smallest absolute Gasteiger partial charge is 0.257 e. The van der Waals surface area contributed by atoms with E-state index in [-0.39, 0.29) is 12.5 Å². The first-order chi connectivity index (χ1) is 11.1. The Balaban J connectivity index is 1.42. The predicted octanol–water partition coefficient (Wildman–Crippen LogP) is 1.89. The summed E-state index contributed by atoms with van der Waals surface area (Å²) in [6.07, 6.45) is 0.639. The van der Waals surface area contributed by atoms with Crippen LogP contribution in [0.2, 0.25) is 5.02 Å². The van der Waals surface area contributed by atoms with Gasteiger partial charge >= 0.3 is 0 Å². The summed E-state index contributed by atoms with van der Waals surface area (Å²) in [4.78, 5) is 12.5. The minimum absolute atomic E-state index is 0.0359. The molecule has 0 spiro atoms. The Morgan fingerprint density at radius 2 is 2.13 bits per heavy atom. The van der Waals surface area contributed by atoms with E-state index in [1.165, 1.54) is 11.3 Å². The molecule has 0 aliphatic rings. The van der Waals surface area contributed by atoms with Gasteiger partial charge in [-0.25, -0.2) is 0 Å². The lowest BCUT2D eigenvalue weighted by Crippen LogP contribution is -2.30. The number of aromatic nitrogens is 4. The van der Waals surface area contributed by atoms with Crippen LogP contribution in [0.15, 0.2) is 24.3 Å². The normalized spacial score (nSPS) is 10.9. The van der Waals surface area contributed by atoms with Crippen LogP contribution in [0.25, 0.3) is 4.96 Å². The first kappa shape index (κ1) is 15.7. The van der Waals surface area contributed by atoms with Gasteiger partial charge in [-0.05, 0) is 31.2 Å². The average molecular weight is 352 g/mol. The van der Waals surface area contributed by atoms with Crippen LogP contribution in [0.5, 0.6) is 5.75 Å². The molecule has 0 fully saturated rings. The molecule has 0 aliphatic heterocycles. The molecule has 2 aromatic heterocycles. The van der Waals surface area contributed by atoms with Gasteiger partial charge in [-0.1, -0.05) is 22.9 Å². The van der Waals surface area contributed by atoms with Gasteiger partial charge in [-0.2, -0.15) is 9.61 Å². The van der Waals surface area contributed by atoms with Crippen molar-refractivity contribution in [1.29, 1.82) is 0 Å². The third kappa shape index (κ3) is 3.96. The second-order valence-electron chi connectivity index (χ2n) is 4.78. The number of hydrogen-bond donors (Lipinski definition) is 1. The van der Waals surface area contributed by atoms with Crippen LogP contribution in [-0.2, 0) is 11.2 Å². The van der Waals surface area contributed by atoms with E-state index in [1.54, 1.807) is 28.8 Å². The van der Waals surface area contributed by atoms with E-state index in [4.69, 9.17) is 16.3 Å². The predicted molar refractivity (Wildman–Crippen MR) is 87.1 cm³/mol. The fourth-order valence-corrected chi connectivity index (χ4v) is 2.90. The van der Waals surface area contributed by atoms with Gasteiger partial charge in [0, 0.05) is 18.0 Å². The number of hydrogen-bond acceptors (Lipinski definition) is 6. The molecule has 7 nitrogen and oxygen atoms in total. The zero-order valence-electron chi connectivity index (χ0n) is 12.3. The van der Waals surface area contributed by atoms with Crippen LogP contribution in [0.1, 0.15) is 10.8 Å². The van der Waals surface area contributed by atoms with E-state index in [1.807, 2.05) is 6.92 Å². The molecule has 2 heterocycles. The molecule has 23 heavy (non-hydrogen) atoms. The molecule has 3 aromatic rings. The highest BCUT2D eigenvalue weighted by Gasteiger charge is 2.09. The summed E-state index contributed by atoms with van der Waals surface area (Å²) in [6, 6.07) is 6.86. The van der Waals surface area contributed by atoms with Crippen molar-refractivity contribution in [2.75, 3.05) is 13.2 Å². The minimum Gasteiger partial charge on any atom is -0.484 e. The van der Waals surface area contributed by atoms with Crippen molar-refractivity contribution in [2.45, 2.75) is 13.3 Å². The van der Waals surface area contributed by atoms with Gasteiger partial charge in [0.05, 0.1) is 0 Å². The average Bonchev–Trinajstić information content (AvgIpc) is 3.09. The van der Waals surface area contributed by atoms with Crippen LogP contribution < -0.4 is 10.1 Å². The molecule has 1 amide bonds. The lowest BCUT2D eigenvalue weighted by atomic mass is 10.3. The minimum atomic E-state index is -0.181. The van der Waals surface area contributed by atoms with Crippen molar-refractivity contribution < 1.29 is 9.53 Å². The van der Waals surface area contributed by atoms with E-state index in [0.29, 0.717) is 23.7 Å². The number of halogens is 1. The van der Waals surface area contributed by atoms with Crippen LogP contribution in [-0.4, -0.2) is 38.9 Å². The lowest BCUT2D eigenvalue weighted by molar-refractivity contribution is -0.123. The Labute approximate surface area is 141 Å². The fourth-order valence-electron chi connectivity index (χ4n) is 1.89. The molecule has 0 aliphatic carbocycles. The molecule has 120 valence electrons. The molecule has 3 rings (SSSR count). The van der Waals surface area contributed by atoms with Crippen molar-refractivity contribution in [3.63, 3.8) is 0 Å². The van der Waals surface area contributed by atoms with Crippen molar-refractivity contribution >= 4 is 33.8 Å². The SMILES string of the molecule is Cc1nnc2sc(CCNC(=O)COc3ccc(Cl)cc3)nn12. The maximum absolute atomic E-state index is 11.7. The van der Waals surface area contributed by atoms with Gasteiger partial charge in [0.1, 0.15) is 10.8 Å². The number of rotatable bonds is 6. The Morgan fingerprint density at radius 3 is 2.87 bits per heavy atom. The van der Waals surface area contributed by atoms with E-state index in [0.717, 1.165) is 15.8 Å². The van der Waals surface area contributed by atoms with Crippen LogP contribution in [0.4, 0.5) is 0 Å². The Kier molecular flexibility index (Phi) is 4.73. The summed E-state index contributed by atoms with van der Waals surface area (Å²) in [6.45, 7) is 2.30. The summed E-state index contributed by atoms with van der Waals surface area (Å²) in [5, 5.41) is 16.6. The number of ether oxygens (including phenoxy) is 1. The summed E-state index contributed by atoms with van der Waals surface area (Å²) in [5.74, 6) is 1.18. The standard InChI is InChI=1S/C14H14ClN5O2S/c1-9-17-18-14-20(9)19-13(23-14)6-7-16-12(21)8-22-11-4-2-10(15)3-5-11/h2-5H,6-8H2,1H3,(H,16,21). The molecular weight excluding hydrogens is 338 g/mol. The number of aryl methyl sites for hydroxylation is 1. The van der Waals surface area contributed by atoms with Crippen molar-refractivity contribution in [3.05, 3.63) is 40.1 Å². The fraction of sp³-hybridized carbons (Fsp3) is 0.286. The molecule has 0 radical (unpaired) electrons. The van der Waals surface area contributed by atoms with E-state index in [2.05, 4.69) is 20.6 Å². The summed E-state index contributed by atoms with van der Waals surface area (Å²) < 4.78 is 7.07. The monoisotopic (exact) mass is 351 g/mol.